The highest BCUT2D eigenvalue weighted by atomic mass is 16.6. The molecule has 0 radical (unpaired) electrons. The number of aliphatic hydroxyl groups excluding tert-OH is 1. The smallest absolute Gasteiger partial charge is 0.333 e. The van der Waals surface area contributed by atoms with Gasteiger partial charge in [-0.3, -0.25) is 0 Å². The van der Waals surface area contributed by atoms with Crippen LogP contribution in [0, 0.1) is 5.92 Å². The molecule has 1 rings (SSSR count). The highest BCUT2D eigenvalue weighted by Crippen LogP contribution is 2.40. The van der Waals surface area contributed by atoms with Gasteiger partial charge >= 0.3 is 11.9 Å². The molecule has 0 amide bonds. The first-order chi connectivity index (χ1) is 10.9. The number of carbonyl (C=O) groups excluding carboxylic acids is 2. The van der Waals surface area contributed by atoms with Crippen molar-refractivity contribution in [2.45, 2.75) is 64.3 Å². The Morgan fingerprint density at radius 2 is 1.79 bits per heavy atom. The molecule has 1 saturated carbocycles. The van der Waals surface area contributed by atoms with Crippen LogP contribution in [0.25, 0.3) is 0 Å². The zero-order valence-corrected chi connectivity index (χ0v) is 14.9. The van der Waals surface area contributed by atoms with Crippen LogP contribution in [0.3, 0.4) is 0 Å². The van der Waals surface area contributed by atoms with E-state index < -0.39 is 29.2 Å². The Kier molecular flexibility index (Phi) is 6.36. The molecule has 4 atom stereocenters. The predicted octanol–water partition coefficient (Wildman–Crippen LogP) is 1.90. The molecule has 136 valence electrons. The van der Waals surface area contributed by atoms with Gasteiger partial charge in [-0.1, -0.05) is 13.2 Å². The first-order valence-electron chi connectivity index (χ1n) is 8.01. The van der Waals surface area contributed by atoms with E-state index in [9.17, 15) is 19.8 Å². The van der Waals surface area contributed by atoms with Gasteiger partial charge in [0, 0.05) is 11.1 Å². The van der Waals surface area contributed by atoms with Crippen molar-refractivity contribution in [3.05, 3.63) is 24.3 Å². The van der Waals surface area contributed by atoms with E-state index in [1.54, 1.807) is 20.8 Å². The molecule has 1 aliphatic rings. The van der Waals surface area contributed by atoms with E-state index in [4.69, 9.17) is 9.47 Å². The van der Waals surface area contributed by atoms with E-state index in [0.717, 1.165) is 0 Å². The van der Waals surface area contributed by atoms with Crippen LogP contribution < -0.4 is 0 Å². The maximum atomic E-state index is 11.7. The van der Waals surface area contributed by atoms with E-state index in [2.05, 4.69) is 13.2 Å². The Labute approximate surface area is 143 Å². The van der Waals surface area contributed by atoms with Crippen molar-refractivity contribution in [1.82, 2.24) is 0 Å². The zero-order chi connectivity index (χ0) is 18.7. The summed E-state index contributed by atoms with van der Waals surface area (Å²) >= 11 is 0. The molecule has 0 spiro atoms. The van der Waals surface area contributed by atoms with Crippen LogP contribution >= 0.6 is 0 Å². The van der Waals surface area contributed by atoms with Gasteiger partial charge in [0.1, 0.15) is 12.2 Å². The SMILES string of the molecule is C=C(C)C(=O)OCC(C)(O)C1CCC(C)(OC(=O)C(=C)C)C(O)C1. The van der Waals surface area contributed by atoms with Crippen molar-refractivity contribution in [3.8, 4) is 0 Å². The number of hydrogen-bond acceptors (Lipinski definition) is 6. The second-order valence-electron chi connectivity index (χ2n) is 7.18. The lowest BCUT2D eigenvalue weighted by atomic mass is 9.71. The molecule has 0 aliphatic heterocycles. The summed E-state index contributed by atoms with van der Waals surface area (Å²) in [6, 6.07) is 0. The molecule has 2 N–H and O–H groups in total. The quantitative estimate of drug-likeness (QED) is 0.567. The second kappa shape index (κ2) is 7.49. The highest BCUT2D eigenvalue weighted by molar-refractivity contribution is 5.87. The molecule has 24 heavy (non-hydrogen) atoms. The van der Waals surface area contributed by atoms with Crippen LogP contribution in [-0.4, -0.2) is 46.1 Å². The van der Waals surface area contributed by atoms with Crippen LogP contribution in [0.4, 0.5) is 0 Å². The second-order valence-corrected chi connectivity index (χ2v) is 7.18. The molecule has 1 fully saturated rings. The lowest BCUT2D eigenvalue weighted by Gasteiger charge is -2.44. The van der Waals surface area contributed by atoms with Gasteiger partial charge in [0.15, 0.2) is 0 Å². The largest absolute Gasteiger partial charge is 0.459 e. The maximum Gasteiger partial charge on any atom is 0.333 e. The summed E-state index contributed by atoms with van der Waals surface area (Å²) in [4.78, 5) is 23.2. The van der Waals surface area contributed by atoms with Gasteiger partial charge in [-0.25, -0.2) is 9.59 Å². The minimum atomic E-state index is -1.29. The fourth-order valence-corrected chi connectivity index (χ4v) is 2.70. The first-order valence-corrected chi connectivity index (χ1v) is 8.01. The number of rotatable bonds is 6. The Balaban J connectivity index is 2.70. The zero-order valence-electron chi connectivity index (χ0n) is 14.9. The van der Waals surface area contributed by atoms with Crippen molar-refractivity contribution in [2.24, 2.45) is 5.92 Å². The number of esters is 2. The van der Waals surface area contributed by atoms with E-state index in [0.29, 0.717) is 12.8 Å². The molecule has 0 heterocycles. The van der Waals surface area contributed by atoms with Crippen LogP contribution in [0.15, 0.2) is 24.3 Å². The summed E-state index contributed by atoms with van der Waals surface area (Å²) in [6.45, 7) is 13.2. The lowest BCUT2D eigenvalue weighted by molar-refractivity contribution is -0.184. The molecule has 4 unspecified atom stereocenters. The molecule has 0 saturated heterocycles. The van der Waals surface area contributed by atoms with Gasteiger partial charge in [-0.15, -0.1) is 0 Å². The summed E-state index contributed by atoms with van der Waals surface area (Å²) < 4.78 is 10.4. The standard InChI is InChI=1S/C18H28O6/c1-11(2)15(20)23-10-17(5,22)13-7-8-18(6,14(19)9-13)24-16(21)12(3)4/h13-14,19,22H,1,3,7-10H2,2,4-6H3. The van der Waals surface area contributed by atoms with Gasteiger partial charge in [0.25, 0.3) is 0 Å². The van der Waals surface area contributed by atoms with Crippen molar-refractivity contribution in [2.75, 3.05) is 6.61 Å². The number of hydrogen-bond donors (Lipinski definition) is 2. The molecular formula is C18H28O6. The monoisotopic (exact) mass is 340 g/mol. The maximum absolute atomic E-state index is 11.7. The Morgan fingerprint density at radius 3 is 2.25 bits per heavy atom. The van der Waals surface area contributed by atoms with Gasteiger partial charge in [-0.05, 0) is 52.9 Å². The van der Waals surface area contributed by atoms with Crippen LogP contribution in [0.1, 0.15) is 47.0 Å². The van der Waals surface area contributed by atoms with Gasteiger partial charge in [0.05, 0.1) is 11.7 Å². The van der Waals surface area contributed by atoms with Gasteiger partial charge in [0.2, 0.25) is 0 Å². The lowest BCUT2D eigenvalue weighted by Crippen LogP contribution is -2.53. The van der Waals surface area contributed by atoms with E-state index in [-0.39, 0.29) is 30.1 Å². The summed E-state index contributed by atoms with van der Waals surface area (Å²) in [7, 11) is 0. The molecular weight excluding hydrogens is 312 g/mol. The predicted molar refractivity (Wildman–Crippen MR) is 89.1 cm³/mol. The normalized spacial score (nSPS) is 29.2. The number of aliphatic hydroxyl groups is 2. The van der Waals surface area contributed by atoms with Crippen molar-refractivity contribution >= 4 is 11.9 Å². The van der Waals surface area contributed by atoms with Crippen molar-refractivity contribution < 1.29 is 29.3 Å². The molecule has 0 aromatic heterocycles. The fourth-order valence-electron chi connectivity index (χ4n) is 2.70. The molecule has 1 aliphatic carbocycles. The average molecular weight is 340 g/mol. The van der Waals surface area contributed by atoms with Crippen molar-refractivity contribution in [3.63, 3.8) is 0 Å². The van der Waals surface area contributed by atoms with Gasteiger partial charge < -0.3 is 19.7 Å². The highest BCUT2D eigenvalue weighted by Gasteiger charge is 2.47. The average Bonchev–Trinajstić information content (AvgIpc) is 2.47. The fraction of sp³-hybridized carbons (Fsp3) is 0.667. The summed E-state index contributed by atoms with van der Waals surface area (Å²) in [6.07, 6.45) is 0.220. The van der Waals surface area contributed by atoms with Crippen molar-refractivity contribution in [1.29, 1.82) is 0 Å². The van der Waals surface area contributed by atoms with Crippen LogP contribution in [-0.2, 0) is 19.1 Å². The Hall–Kier alpha value is -1.66. The topological polar surface area (TPSA) is 93.1 Å². The minimum absolute atomic E-state index is 0.182. The molecule has 0 aromatic carbocycles. The first kappa shape index (κ1) is 20.4. The molecule has 0 aromatic rings. The summed E-state index contributed by atoms with van der Waals surface area (Å²) in [5.41, 5.74) is -1.78. The third-order valence-electron chi connectivity index (χ3n) is 4.60. The minimum Gasteiger partial charge on any atom is -0.459 e. The Bertz CT molecular complexity index is 536. The molecule has 0 bridgehead atoms. The third-order valence-corrected chi connectivity index (χ3v) is 4.60. The van der Waals surface area contributed by atoms with E-state index >= 15 is 0 Å². The van der Waals surface area contributed by atoms with Crippen LogP contribution in [0.2, 0.25) is 0 Å². The molecule has 6 nitrogen and oxygen atoms in total. The summed E-state index contributed by atoms with van der Waals surface area (Å²) in [5.74, 6) is -1.40. The van der Waals surface area contributed by atoms with Crippen LogP contribution in [0.5, 0.6) is 0 Å². The van der Waals surface area contributed by atoms with E-state index in [1.165, 1.54) is 6.92 Å². The van der Waals surface area contributed by atoms with Gasteiger partial charge in [-0.2, -0.15) is 0 Å². The molecule has 6 heteroatoms. The third kappa shape index (κ3) is 4.92. The summed E-state index contributed by atoms with van der Waals surface area (Å²) in [5, 5.41) is 21.0. The Morgan fingerprint density at radius 1 is 1.25 bits per heavy atom. The van der Waals surface area contributed by atoms with E-state index in [1.807, 2.05) is 0 Å². The number of carbonyl (C=O) groups is 2. The number of ether oxygens (including phenoxy) is 2.